The molecule has 0 bridgehead atoms. The van der Waals surface area contributed by atoms with Crippen LogP contribution in [0, 0.1) is 0 Å². The molecule has 0 aromatic heterocycles. The lowest BCUT2D eigenvalue weighted by molar-refractivity contribution is 0.306. The molecule has 6 heteroatoms. The van der Waals surface area contributed by atoms with Crippen LogP contribution in [0.3, 0.4) is 0 Å². The second-order valence-electron chi connectivity index (χ2n) is 5.66. The lowest BCUT2D eigenvalue weighted by atomic mass is 10.2. The van der Waals surface area contributed by atoms with Gasteiger partial charge >= 0.3 is 0 Å². The zero-order valence-corrected chi connectivity index (χ0v) is 16.6. The first kappa shape index (κ1) is 19.2. The van der Waals surface area contributed by atoms with Crippen LogP contribution < -0.4 is 10.1 Å². The maximum atomic E-state index is 6.34. The molecule has 26 heavy (non-hydrogen) atoms. The van der Waals surface area contributed by atoms with E-state index < -0.39 is 0 Å². The van der Waals surface area contributed by atoms with Crippen molar-refractivity contribution in [3.63, 3.8) is 0 Å². The first-order chi connectivity index (χ1) is 12.5. The van der Waals surface area contributed by atoms with Gasteiger partial charge in [-0.05, 0) is 53.6 Å². The number of hydrogen-bond acceptors (Lipinski definition) is 2. The van der Waals surface area contributed by atoms with E-state index in [1.807, 2.05) is 48.5 Å². The molecule has 134 valence electrons. The third-order valence-electron chi connectivity index (χ3n) is 3.69. The third-order valence-corrected chi connectivity index (χ3v) is 4.77. The monoisotopic (exact) mass is 425 g/mol. The van der Waals surface area contributed by atoms with Gasteiger partial charge in [0.1, 0.15) is 12.4 Å². The third kappa shape index (κ3) is 5.21. The van der Waals surface area contributed by atoms with Crippen molar-refractivity contribution in [2.45, 2.75) is 13.2 Å². The summed E-state index contributed by atoms with van der Waals surface area (Å²) in [5, 5.41) is 5.67. The van der Waals surface area contributed by atoms with Gasteiger partial charge in [-0.3, -0.25) is 0 Å². The Bertz CT molecular complexity index is 914. The molecule has 0 fully saturated rings. The van der Waals surface area contributed by atoms with Gasteiger partial charge in [0, 0.05) is 16.6 Å². The molecule has 1 N–H and O–H groups in total. The van der Waals surface area contributed by atoms with E-state index in [0.717, 1.165) is 16.8 Å². The zero-order valence-electron chi connectivity index (χ0n) is 13.6. The van der Waals surface area contributed by atoms with E-state index in [1.165, 1.54) is 0 Å². The number of halogens is 4. The van der Waals surface area contributed by atoms with Gasteiger partial charge in [0.05, 0.1) is 15.7 Å². The molecule has 0 unspecified atom stereocenters. The minimum atomic E-state index is 0.401. The van der Waals surface area contributed by atoms with E-state index in [0.29, 0.717) is 39.0 Å². The van der Waals surface area contributed by atoms with Crippen molar-refractivity contribution in [2.75, 3.05) is 5.32 Å². The predicted octanol–water partition coefficient (Wildman–Crippen LogP) is 7.49. The molecule has 0 aliphatic heterocycles. The Morgan fingerprint density at radius 1 is 0.731 bits per heavy atom. The standard InChI is InChI=1S/C20H15Cl4NO/c21-15-3-1-2-14(8-15)12-26-20-7-4-13(9-18(20)24)11-25-19-6-5-16(22)10-17(19)23/h1-10,25H,11-12H2. The summed E-state index contributed by atoms with van der Waals surface area (Å²) in [7, 11) is 0. The van der Waals surface area contributed by atoms with Gasteiger partial charge in [-0.15, -0.1) is 0 Å². The lowest BCUT2D eigenvalue weighted by Crippen LogP contribution is -2.01. The topological polar surface area (TPSA) is 21.3 Å². The molecule has 0 amide bonds. The minimum Gasteiger partial charge on any atom is -0.487 e. The fraction of sp³-hybridized carbons (Fsp3) is 0.100. The zero-order chi connectivity index (χ0) is 18.5. The van der Waals surface area contributed by atoms with Crippen molar-refractivity contribution in [1.29, 1.82) is 0 Å². The SMILES string of the molecule is Clc1cccc(COc2ccc(CNc3ccc(Cl)cc3Cl)cc2Cl)c1. The quantitative estimate of drug-likeness (QED) is 0.440. The van der Waals surface area contributed by atoms with Gasteiger partial charge in [0.25, 0.3) is 0 Å². The highest BCUT2D eigenvalue weighted by Gasteiger charge is 2.06. The van der Waals surface area contributed by atoms with E-state index in [4.69, 9.17) is 51.1 Å². The van der Waals surface area contributed by atoms with Crippen molar-refractivity contribution in [2.24, 2.45) is 0 Å². The molecular formula is C20H15Cl4NO. The lowest BCUT2D eigenvalue weighted by Gasteiger charge is -2.12. The average molecular weight is 427 g/mol. The van der Waals surface area contributed by atoms with E-state index in [1.54, 1.807) is 12.1 Å². The van der Waals surface area contributed by atoms with Crippen LogP contribution in [-0.2, 0) is 13.2 Å². The van der Waals surface area contributed by atoms with Gasteiger partial charge in [-0.25, -0.2) is 0 Å². The molecule has 0 aliphatic carbocycles. The first-order valence-corrected chi connectivity index (χ1v) is 9.37. The smallest absolute Gasteiger partial charge is 0.138 e. The Morgan fingerprint density at radius 3 is 2.27 bits per heavy atom. The maximum absolute atomic E-state index is 6.34. The maximum Gasteiger partial charge on any atom is 0.138 e. The normalized spacial score (nSPS) is 10.6. The molecule has 0 aliphatic rings. The highest BCUT2D eigenvalue weighted by molar-refractivity contribution is 6.36. The second kappa shape index (κ2) is 8.88. The van der Waals surface area contributed by atoms with Gasteiger partial charge in [0.2, 0.25) is 0 Å². The summed E-state index contributed by atoms with van der Waals surface area (Å²) in [6.45, 7) is 0.980. The molecule has 3 aromatic carbocycles. The second-order valence-corrected chi connectivity index (χ2v) is 7.35. The summed E-state index contributed by atoms with van der Waals surface area (Å²) in [6, 6.07) is 18.5. The number of hydrogen-bond donors (Lipinski definition) is 1. The molecule has 0 saturated heterocycles. The average Bonchev–Trinajstić information content (AvgIpc) is 2.60. The number of ether oxygens (including phenoxy) is 1. The van der Waals surface area contributed by atoms with Crippen LogP contribution in [0.1, 0.15) is 11.1 Å². The van der Waals surface area contributed by atoms with Crippen LogP contribution in [0.2, 0.25) is 20.1 Å². The summed E-state index contributed by atoms with van der Waals surface area (Å²) in [4.78, 5) is 0. The van der Waals surface area contributed by atoms with Crippen LogP contribution in [0.15, 0.2) is 60.7 Å². The Balaban J connectivity index is 1.61. The molecular weight excluding hydrogens is 412 g/mol. The molecule has 0 heterocycles. The Hall–Kier alpha value is -1.58. The Morgan fingerprint density at radius 2 is 1.54 bits per heavy atom. The summed E-state index contributed by atoms with van der Waals surface area (Å²) in [5.74, 6) is 0.625. The molecule has 0 saturated carbocycles. The van der Waals surface area contributed by atoms with Gasteiger partial charge in [-0.1, -0.05) is 64.6 Å². The van der Waals surface area contributed by atoms with Crippen molar-refractivity contribution in [3.8, 4) is 5.75 Å². The van der Waals surface area contributed by atoms with E-state index in [2.05, 4.69) is 5.32 Å². The Kier molecular flexibility index (Phi) is 6.55. The van der Waals surface area contributed by atoms with Crippen molar-refractivity contribution in [3.05, 3.63) is 91.9 Å². The highest BCUT2D eigenvalue weighted by Crippen LogP contribution is 2.29. The molecule has 3 aromatic rings. The fourth-order valence-corrected chi connectivity index (χ4v) is 3.34. The number of nitrogens with one attached hydrogen (secondary N) is 1. The minimum absolute atomic E-state index is 0.401. The van der Waals surface area contributed by atoms with Crippen LogP contribution in [0.25, 0.3) is 0 Å². The fourth-order valence-electron chi connectivity index (χ4n) is 2.39. The summed E-state index contributed by atoms with van der Waals surface area (Å²) in [5.41, 5.74) is 2.81. The predicted molar refractivity (Wildman–Crippen MR) is 111 cm³/mol. The van der Waals surface area contributed by atoms with E-state index in [-0.39, 0.29) is 0 Å². The molecule has 0 spiro atoms. The van der Waals surface area contributed by atoms with E-state index in [9.17, 15) is 0 Å². The summed E-state index contributed by atoms with van der Waals surface area (Å²) >= 11 is 24.4. The van der Waals surface area contributed by atoms with Crippen LogP contribution >= 0.6 is 46.4 Å². The van der Waals surface area contributed by atoms with Crippen LogP contribution in [0.5, 0.6) is 5.75 Å². The first-order valence-electron chi connectivity index (χ1n) is 7.86. The van der Waals surface area contributed by atoms with Gasteiger partial charge < -0.3 is 10.1 Å². The number of anilines is 1. The molecule has 0 atom stereocenters. The van der Waals surface area contributed by atoms with Gasteiger partial charge in [-0.2, -0.15) is 0 Å². The van der Waals surface area contributed by atoms with Crippen LogP contribution in [0.4, 0.5) is 5.69 Å². The van der Waals surface area contributed by atoms with Crippen LogP contribution in [-0.4, -0.2) is 0 Å². The highest BCUT2D eigenvalue weighted by atomic mass is 35.5. The molecule has 0 radical (unpaired) electrons. The van der Waals surface area contributed by atoms with Crippen molar-refractivity contribution >= 4 is 52.1 Å². The van der Waals surface area contributed by atoms with Crippen molar-refractivity contribution in [1.82, 2.24) is 0 Å². The number of benzene rings is 3. The van der Waals surface area contributed by atoms with Crippen molar-refractivity contribution < 1.29 is 4.74 Å². The van der Waals surface area contributed by atoms with E-state index >= 15 is 0 Å². The summed E-state index contributed by atoms with van der Waals surface area (Å²) in [6.07, 6.45) is 0. The summed E-state index contributed by atoms with van der Waals surface area (Å²) < 4.78 is 5.78. The number of rotatable bonds is 6. The molecule has 2 nitrogen and oxygen atoms in total. The van der Waals surface area contributed by atoms with Gasteiger partial charge in [0.15, 0.2) is 0 Å². The Labute approximate surface area is 172 Å². The molecule has 3 rings (SSSR count). The largest absolute Gasteiger partial charge is 0.487 e.